The molecule has 3 saturated carbocycles. The molecule has 2 unspecified atom stereocenters. The summed E-state index contributed by atoms with van der Waals surface area (Å²) < 4.78 is 11.0. The van der Waals surface area contributed by atoms with Crippen LogP contribution in [0.2, 0.25) is 0 Å². The number of rotatable bonds is 6. The van der Waals surface area contributed by atoms with Gasteiger partial charge in [0.2, 0.25) is 0 Å². The van der Waals surface area contributed by atoms with Crippen molar-refractivity contribution in [3.05, 3.63) is 11.1 Å². The van der Waals surface area contributed by atoms with Gasteiger partial charge in [-0.05, 0) is 69.6 Å². The van der Waals surface area contributed by atoms with Crippen molar-refractivity contribution in [3.8, 4) is 0 Å². The van der Waals surface area contributed by atoms with Gasteiger partial charge in [-0.25, -0.2) is 0 Å². The van der Waals surface area contributed by atoms with Crippen LogP contribution in [0.3, 0.4) is 0 Å². The summed E-state index contributed by atoms with van der Waals surface area (Å²) in [5, 5.41) is 0. The lowest BCUT2D eigenvalue weighted by Gasteiger charge is -2.39. The first-order valence-electron chi connectivity index (χ1n) is 11.3. The van der Waals surface area contributed by atoms with Crippen molar-refractivity contribution in [3.63, 3.8) is 0 Å². The molecule has 4 aliphatic carbocycles. The number of allylic oxidation sites excluding steroid dienone is 1. The lowest BCUT2D eigenvalue weighted by molar-refractivity contribution is -0.166. The molecule has 2 bridgehead atoms. The molecule has 2 atom stereocenters. The van der Waals surface area contributed by atoms with E-state index in [1.165, 1.54) is 70.6 Å². The summed E-state index contributed by atoms with van der Waals surface area (Å²) in [6, 6.07) is 0. The maximum Gasteiger partial charge on any atom is 0.318 e. The van der Waals surface area contributed by atoms with Gasteiger partial charge in [0, 0.05) is 6.61 Å². The van der Waals surface area contributed by atoms with Crippen molar-refractivity contribution >= 4 is 5.97 Å². The van der Waals surface area contributed by atoms with Gasteiger partial charge in [-0.2, -0.15) is 0 Å². The fourth-order valence-corrected chi connectivity index (χ4v) is 6.65. The summed E-state index contributed by atoms with van der Waals surface area (Å²) in [6.45, 7) is 2.67. The standard InChI is InChI=1S/C23H36O3/c1-2-25-16-26-22(24)23-14-13-19(15-23)20(17-9-5-3-6-10-17)21(23)18-11-7-4-8-12-18/h17-19H,2-16H2,1H3. The minimum Gasteiger partial charge on any atom is -0.438 e. The number of esters is 1. The monoisotopic (exact) mass is 360 g/mol. The molecule has 0 spiro atoms. The van der Waals surface area contributed by atoms with Crippen molar-refractivity contribution < 1.29 is 14.3 Å². The highest BCUT2D eigenvalue weighted by molar-refractivity contribution is 5.83. The molecule has 3 heteroatoms. The Morgan fingerprint density at radius 2 is 1.58 bits per heavy atom. The highest BCUT2D eigenvalue weighted by Gasteiger charge is 2.58. The van der Waals surface area contributed by atoms with E-state index < -0.39 is 0 Å². The minimum absolute atomic E-state index is 0.0276. The first kappa shape index (κ1) is 18.5. The molecule has 4 aliphatic rings. The van der Waals surface area contributed by atoms with Gasteiger partial charge in [0.05, 0.1) is 5.41 Å². The molecule has 3 fully saturated rings. The quantitative estimate of drug-likeness (QED) is 0.261. The molecule has 0 aliphatic heterocycles. The number of ether oxygens (including phenoxy) is 2. The molecule has 26 heavy (non-hydrogen) atoms. The summed E-state index contributed by atoms with van der Waals surface area (Å²) in [4.78, 5) is 13.2. The molecule has 0 N–H and O–H groups in total. The zero-order valence-electron chi connectivity index (χ0n) is 16.6. The van der Waals surface area contributed by atoms with Crippen LogP contribution in [0.25, 0.3) is 0 Å². The first-order chi connectivity index (χ1) is 12.8. The Morgan fingerprint density at radius 3 is 2.23 bits per heavy atom. The molecule has 4 rings (SSSR count). The highest BCUT2D eigenvalue weighted by Crippen LogP contribution is 2.64. The lowest BCUT2D eigenvalue weighted by Crippen LogP contribution is -2.36. The zero-order valence-corrected chi connectivity index (χ0v) is 16.6. The van der Waals surface area contributed by atoms with E-state index in [2.05, 4.69) is 0 Å². The van der Waals surface area contributed by atoms with E-state index in [1.54, 1.807) is 11.1 Å². The Bertz CT molecular complexity index is 540. The number of hydrogen-bond acceptors (Lipinski definition) is 3. The van der Waals surface area contributed by atoms with Crippen molar-refractivity contribution in [1.82, 2.24) is 0 Å². The molecule has 0 saturated heterocycles. The SMILES string of the molecule is CCOCOC(=O)C12CCC(C1)C(C1CCCCC1)=C2C1CCCCC1. The summed E-state index contributed by atoms with van der Waals surface area (Å²) in [6.07, 6.45) is 16.7. The minimum atomic E-state index is -0.295. The molecular formula is C23H36O3. The van der Waals surface area contributed by atoms with Gasteiger partial charge in [-0.15, -0.1) is 0 Å². The Balaban J connectivity index is 1.65. The number of fused-ring (bicyclic) bond motifs is 2. The van der Waals surface area contributed by atoms with Gasteiger partial charge >= 0.3 is 5.97 Å². The largest absolute Gasteiger partial charge is 0.438 e. The van der Waals surface area contributed by atoms with Gasteiger partial charge in [0.15, 0.2) is 6.79 Å². The molecule has 0 aromatic rings. The smallest absolute Gasteiger partial charge is 0.318 e. The van der Waals surface area contributed by atoms with Gasteiger partial charge in [-0.3, -0.25) is 4.79 Å². The molecule has 0 amide bonds. The molecule has 3 nitrogen and oxygen atoms in total. The van der Waals surface area contributed by atoms with Crippen LogP contribution in [0.1, 0.15) is 90.4 Å². The molecule has 146 valence electrons. The number of carbonyl (C=O) groups is 1. The fourth-order valence-electron chi connectivity index (χ4n) is 6.65. The second-order valence-electron chi connectivity index (χ2n) is 9.10. The normalized spacial score (nSPS) is 33.0. The summed E-state index contributed by atoms with van der Waals surface area (Å²) in [5.74, 6) is 2.09. The predicted molar refractivity (Wildman–Crippen MR) is 103 cm³/mol. The van der Waals surface area contributed by atoms with Crippen molar-refractivity contribution in [2.45, 2.75) is 90.4 Å². The number of hydrogen-bond donors (Lipinski definition) is 0. The van der Waals surface area contributed by atoms with Crippen molar-refractivity contribution in [1.29, 1.82) is 0 Å². The van der Waals surface area contributed by atoms with Crippen molar-refractivity contribution in [2.75, 3.05) is 13.4 Å². The maximum absolute atomic E-state index is 13.2. The van der Waals surface area contributed by atoms with E-state index in [0.29, 0.717) is 18.4 Å². The van der Waals surface area contributed by atoms with E-state index in [1.807, 2.05) is 6.92 Å². The van der Waals surface area contributed by atoms with E-state index in [0.717, 1.165) is 18.8 Å². The number of carbonyl (C=O) groups excluding carboxylic acids is 1. The highest BCUT2D eigenvalue weighted by atomic mass is 16.7. The summed E-state index contributed by atoms with van der Waals surface area (Å²) >= 11 is 0. The second-order valence-corrected chi connectivity index (χ2v) is 9.10. The molecule has 0 heterocycles. The van der Waals surface area contributed by atoms with Gasteiger partial charge in [0.25, 0.3) is 0 Å². The van der Waals surface area contributed by atoms with Crippen LogP contribution in [-0.4, -0.2) is 19.4 Å². The average molecular weight is 361 g/mol. The fraction of sp³-hybridized carbons (Fsp3) is 0.870. The summed E-state index contributed by atoms with van der Waals surface area (Å²) in [7, 11) is 0. The van der Waals surface area contributed by atoms with E-state index in [4.69, 9.17) is 9.47 Å². The second kappa shape index (κ2) is 8.04. The Kier molecular flexibility index (Phi) is 5.73. The van der Waals surface area contributed by atoms with Gasteiger partial charge in [0.1, 0.15) is 0 Å². The van der Waals surface area contributed by atoms with Crippen LogP contribution in [0, 0.1) is 23.2 Å². The van der Waals surface area contributed by atoms with Gasteiger partial charge in [-0.1, -0.05) is 49.7 Å². The Hall–Kier alpha value is -0.830. The van der Waals surface area contributed by atoms with Gasteiger partial charge < -0.3 is 9.47 Å². The molecular weight excluding hydrogens is 324 g/mol. The van der Waals surface area contributed by atoms with Crippen LogP contribution in [0.15, 0.2) is 11.1 Å². The Morgan fingerprint density at radius 1 is 0.923 bits per heavy atom. The van der Waals surface area contributed by atoms with Crippen LogP contribution in [0.5, 0.6) is 0 Å². The third-order valence-corrected chi connectivity index (χ3v) is 7.71. The van der Waals surface area contributed by atoms with Crippen LogP contribution < -0.4 is 0 Å². The first-order valence-corrected chi connectivity index (χ1v) is 11.3. The predicted octanol–water partition coefficient (Wildman–Crippen LogP) is 5.78. The molecule has 0 aromatic carbocycles. The van der Waals surface area contributed by atoms with Crippen LogP contribution in [0.4, 0.5) is 0 Å². The zero-order chi connectivity index (χ0) is 18.0. The third-order valence-electron chi connectivity index (χ3n) is 7.71. The van der Waals surface area contributed by atoms with E-state index in [-0.39, 0.29) is 18.2 Å². The van der Waals surface area contributed by atoms with Crippen LogP contribution >= 0.6 is 0 Å². The average Bonchev–Trinajstić information content (AvgIpc) is 3.27. The summed E-state index contributed by atoms with van der Waals surface area (Å²) in [5.41, 5.74) is 3.04. The third kappa shape index (κ3) is 3.25. The van der Waals surface area contributed by atoms with E-state index >= 15 is 0 Å². The topological polar surface area (TPSA) is 35.5 Å². The Labute approximate surface area is 158 Å². The molecule has 0 aromatic heterocycles. The lowest BCUT2D eigenvalue weighted by atomic mass is 9.66. The van der Waals surface area contributed by atoms with E-state index in [9.17, 15) is 4.79 Å². The van der Waals surface area contributed by atoms with Crippen LogP contribution in [-0.2, 0) is 14.3 Å². The maximum atomic E-state index is 13.2. The van der Waals surface area contributed by atoms with Crippen molar-refractivity contribution in [2.24, 2.45) is 23.2 Å². The molecule has 0 radical (unpaired) electrons.